The van der Waals surface area contributed by atoms with Crippen LogP contribution in [0.1, 0.15) is 28.9 Å². The molecule has 2 rings (SSSR count). The van der Waals surface area contributed by atoms with E-state index in [9.17, 15) is 4.79 Å². The number of aromatic nitrogens is 2. The first-order valence-electron chi connectivity index (χ1n) is 5.40. The third-order valence-electron chi connectivity index (χ3n) is 3.20. The van der Waals surface area contributed by atoms with Crippen LogP contribution in [0.2, 0.25) is 0 Å². The van der Waals surface area contributed by atoms with Crippen molar-refractivity contribution < 1.29 is 9.53 Å². The summed E-state index contributed by atoms with van der Waals surface area (Å²) in [5, 5.41) is 7.45. The van der Waals surface area contributed by atoms with E-state index in [1.54, 1.807) is 4.68 Å². The molecule has 1 N–H and O–H groups in total. The standard InChI is InChI=1S/C11H17N3O2/c1-12-11(4-5-11)6-8-7-14(2)13-9(8)10(15)16-3/h7,12H,4-6H2,1-3H3. The Balaban J connectivity index is 2.23. The summed E-state index contributed by atoms with van der Waals surface area (Å²) in [5.41, 5.74) is 1.57. The van der Waals surface area contributed by atoms with Crippen LogP contribution >= 0.6 is 0 Å². The molecule has 1 aromatic rings. The van der Waals surface area contributed by atoms with Gasteiger partial charge in [-0.2, -0.15) is 5.10 Å². The summed E-state index contributed by atoms with van der Waals surface area (Å²) in [6.07, 6.45) is 5.03. The third-order valence-corrected chi connectivity index (χ3v) is 3.20. The van der Waals surface area contributed by atoms with Gasteiger partial charge in [-0.3, -0.25) is 4.68 Å². The molecular weight excluding hydrogens is 206 g/mol. The van der Waals surface area contributed by atoms with Crippen molar-refractivity contribution in [2.45, 2.75) is 24.8 Å². The van der Waals surface area contributed by atoms with Crippen molar-refractivity contribution in [1.82, 2.24) is 15.1 Å². The summed E-state index contributed by atoms with van der Waals surface area (Å²) < 4.78 is 6.38. The SMILES string of the molecule is CNC1(Cc2cn(C)nc2C(=O)OC)CC1. The highest BCUT2D eigenvalue weighted by atomic mass is 16.5. The van der Waals surface area contributed by atoms with Crippen molar-refractivity contribution in [3.63, 3.8) is 0 Å². The Bertz CT molecular complexity index is 407. The Morgan fingerprint density at radius 1 is 1.69 bits per heavy atom. The Morgan fingerprint density at radius 2 is 2.38 bits per heavy atom. The number of ether oxygens (including phenoxy) is 1. The monoisotopic (exact) mass is 223 g/mol. The van der Waals surface area contributed by atoms with Crippen molar-refractivity contribution in [2.75, 3.05) is 14.2 Å². The first-order chi connectivity index (χ1) is 7.60. The van der Waals surface area contributed by atoms with Crippen LogP contribution in [0, 0.1) is 0 Å². The molecule has 88 valence electrons. The highest BCUT2D eigenvalue weighted by Gasteiger charge is 2.42. The smallest absolute Gasteiger partial charge is 0.358 e. The molecule has 1 fully saturated rings. The maximum atomic E-state index is 11.5. The second-order valence-corrected chi connectivity index (χ2v) is 4.38. The molecule has 1 aliphatic rings. The third kappa shape index (κ3) is 1.95. The van der Waals surface area contributed by atoms with Crippen molar-refractivity contribution in [3.05, 3.63) is 17.5 Å². The average Bonchev–Trinajstić information content (AvgIpc) is 2.95. The Labute approximate surface area is 94.8 Å². The fourth-order valence-electron chi connectivity index (χ4n) is 1.97. The number of carbonyl (C=O) groups is 1. The lowest BCUT2D eigenvalue weighted by molar-refractivity contribution is 0.0592. The molecule has 0 aliphatic heterocycles. The van der Waals surface area contributed by atoms with Crippen LogP contribution in [0.15, 0.2) is 6.20 Å². The Kier molecular flexibility index (Phi) is 2.71. The molecule has 1 saturated carbocycles. The number of hydrogen-bond donors (Lipinski definition) is 1. The molecule has 0 radical (unpaired) electrons. The van der Waals surface area contributed by atoms with E-state index in [1.165, 1.54) is 7.11 Å². The number of carbonyl (C=O) groups excluding carboxylic acids is 1. The van der Waals surface area contributed by atoms with Gasteiger partial charge in [0.25, 0.3) is 0 Å². The van der Waals surface area contributed by atoms with E-state index >= 15 is 0 Å². The zero-order valence-corrected chi connectivity index (χ0v) is 9.91. The molecule has 1 heterocycles. The van der Waals surface area contributed by atoms with E-state index in [0.29, 0.717) is 5.69 Å². The zero-order valence-electron chi connectivity index (χ0n) is 9.91. The van der Waals surface area contributed by atoms with E-state index < -0.39 is 0 Å². The van der Waals surface area contributed by atoms with Crippen LogP contribution in [-0.2, 0) is 18.2 Å². The van der Waals surface area contributed by atoms with Crippen LogP contribution in [0.25, 0.3) is 0 Å². The van der Waals surface area contributed by atoms with Crippen molar-refractivity contribution >= 4 is 5.97 Å². The van der Waals surface area contributed by atoms with E-state index in [4.69, 9.17) is 4.74 Å². The van der Waals surface area contributed by atoms with Crippen LogP contribution in [0.3, 0.4) is 0 Å². The predicted molar refractivity (Wildman–Crippen MR) is 59.3 cm³/mol. The highest BCUT2D eigenvalue weighted by molar-refractivity contribution is 5.88. The number of hydrogen-bond acceptors (Lipinski definition) is 4. The second-order valence-electron chi connectivity index (χ2n) is 4.38. The number of likely N-dealkylation sites (N-methyl/N-ethyl adjacent to an activating group) is 1. The molecule has 1 aliphatic carbocycles. The summed E-state index contributed by atoms with van der Waals surface area (Å²) in [6, 6.07) is 0. The molecule has 0 saturated heterocycles. The molecule has 1 aromatic heterocycles. The minimum atomic E-state index is -0.359. The number of nitrogens with zero attached hydrogens (tertiary/aromatic N) is 2. The van der Waals surface area contributed by atoms with Gasteiger partial charge in [-0.25, -0.2) is 4.79 Å². The first kappa shape index (κ1) is 11.1. The van der Waals surface area contributed by atoms with Gasteiger partial charge in [-0.15, -0.1) is 0 Å². The summed E-state index contributed by atoms with van der Waals surface area (Å²) >= 11 is 0. The average molecular weight is 223 g/mol. The van der Waals surface area contributed by atoms with Gasteiger partial charge in [0.05, 0.1) is 7.11 Å². The van der Waals surface area contributed by atoms with Gasteiger partial charge in [0.2, 0.25) is 0 Å². The van der Waals surface area contributed by atoms with Gasteiger partial charge < -0.3 is 10.1 Å². The number of aryl methyl sites for hydroxylation is 1. The van der Waals surface area contributed by atoms with Gasteiger partial charge in [0.15, 0.2) is 5.69 Å². The highest BCUT2D eigenvalue weighted by Crippen LogP contribution is 2.38. The van der Waals surface area contributed by atoms with Gasteiger partial charge in [0, 0.05) is 24.3 Å². The number of esters is 1. The van der Waals surface area contributed by atoms with E-state index in [2.05, 4.69) is 10.4 Å². The molecular formula is C11H17N3O2. The fraction of sp³-hybridized carbons (Fsp3) is 0.636. The molecule has 0 amide bonds. The predicted octanol–water partition coefficient (Wildman–Crippen LogP) is 0.501. The number of methoxy groups -OCH3 is 1. The minimum absolute atomic E-state index is 0.172. The Hall–Kier alpha value is -1.36. The largest absolute Gasteiger partial charge is 0.464 e. The summed E-state index contributed by atoms with van der Waals surface area (Å²) in [4.78, 5) is 11.5. The summed E-state index contributed by atoms with van der Waals surface area (Å²) in [7, 11) is 5.15. The molecule has 0 spiro atoms. The van der Waals surface area contributed by atoms with Crippen molar-refractivity contribution in [2.24, 2.45) is 7.05 Å². The van der Waals surface area contributed by atoms with Crippen LogP contribution in [0.5, 0.6) is 0 Å². The van der Waals surface area contributed by atoms with Gasteiger partial charge in [0.1, 0.15) is 0 Å². The molecule has 5 nitrogen and oxygen atoms in total. The van der Waals surface area contributed by atoms with Crippen LogP contribution in [0.4, 0.5) is 0 Å². The van der Waals surface area contributed by atoms with Gasteiger partial charge in [-0.1, -0.05) is 0 Å². The number of nitrogens with one attached hydrogen (secondary N) is 1. The minimum Gasteiger partial charge on any atom is -0.464 e. The molecule has 0 unspecified atom stereocenters. The molecule has 0 aromatic carbocycles. The number of rotatable bonds is 4. The summed E-state index contributed by atoms with van der Waals surface area (Å²) in [5.74, 6) is -0.359. The van der Waals surface area contributed by atoms with Crippen molar-refractivity contribution in [1.29, 1.82) is 0 Å². The maximum absolute atomic E-state index is 11.5. The second kappa shape index (κ2) is 3.90. The van der Waals surface area contributed by atoms with E-state index in [1.807, 2.05) is 20.3 Å². The fourth-order valence-corrected chi connectivity index (χ4v) is 1.97. The quantitative estimate of drug-likeness (QED) is 0.755. The lowest BCUT2D eigenvalue weighted by Gasteiger charge is -2.12. The normalized spacial score (nSPS) is 17.2. The van der Waals surface area contributed by atoms with Crippen molar-refractivity contribution in [3.8, 4) is 0 Å². The molecule has 0 atom stereocenters. The Morgan fingerprint density at radius 3 is 2.88 bits per heavy atom. The molecule has 0 bridgehead atoms. The van der Waals surface area contributed by atoms with Gasteiger partial charge >= 0.3 is 5.97 Å². The first-order valence-corrected chi connectivity index (χ1v) is 5.40. The zero-order chi connectivity index (χ0) is 11.8. The maximum Gasteiger partial charge on any atom is 0.358 e. The van der Waals surface area contributed by atoms with Gasteiger partial charge in [-0.05, 0) is 26.3 Å². The topological polar surface area (TPSA) is 56.2 Å². The lowest BCUT2D eigenvalue weighted by atomic mass is 10.1. The molecule has 5 heteroatoms. The summed E-state index contributed by atoms with van der Waals surface area (Å²) in [6.45, 7) is 0. The van der Waals surface area contributed by atoms with E-state index in [0.717, 1.165) is 24.8 Å². The lowest BCUT2D eigenvalue weighted by Crippen LogP contribution is -2.30. The van der Waals surface area contributed by atoms with Crippen LogP contribution in [-0.4, -0.2) is 35.4 Å². The molecule has 16 heavy (non-hydrogen) atoms. The van der Waals surface area contributed by atoms with E-state index in [-0.39, 0.29) is 11.5 Å². The van der Waals surface area contributed by atoms with Crippen LogP contribution < -0.4 is 5.32 Å².